The highest BCUT2D eigenvalue weighted by atomic mass is 16.5. The molecule has 3 nitrogen and oxygen atoms in total. The van der Waals surface area contributed by atoms with Crippen molar-refractivity contribution in [1.82, 2.24) is 4.98 Å². The minimum absolute atomic E-state index is 0.631. The lowest BCUT2D eigenvalue weighted by molar-refractivity contribution is 0.458. The van der Waals surface area contributed by atoms with Crippen molar-refractivity contribution in [3.63, 3.8) is 0 Å². The highest BCUT2D eigenvalue weighted by molar-refractivity contribution is 5.50. The molecule has 2 N–H and O–H groups in total. The predicted octanol–water partition coefficient (Wildman–Crippen LogP) is 3.07. The summed E-state index contributed by atoms with van der Waals surface area (Å²) in [5.41, 5.74) is 8.53. The second-order valence-corrected chi connectivity index (χ2v) is 3.75. The molecule has 82 valence electrons. The number of aromatic nitrogens is 1. The molecule has 0 saturated heterocycles. The van der Waals surface area contributed by atoms with E-state index in [4.69, 9.17) is 10.5 Å². The third kappa shape index (κ3) is 2.14. The molecule has 0 fully saturated rings. The molecule has 0 amide bonds. The summed E-state index contributed by atoms with van der Waals surface area (Å²) in [6, 6.07) is 9.44. The topological polar surface area (TPSA) is 48.1 Å². The fraction of sp³-hybridized carbons (Fsp3) is 0.154. The van der Waals surface area contributed by atoms with E-state index >= 15 is 0 Å². The number of benzene rings is 1. The number of pyridine rings is 1. The number of hydrogen-bond donors (Lipinski definition) is 1. The van der Waals surface area contributed by atoms with Gasteiger partial charge in [0.15, 0.2) is 0 Å². The quantitative estimate of drug-likeness (QED) is 0.781. The lowest BCUT2D eigenvalue weighted by atomic mass is 10.2. The van der Waals surface area contributed by atoms with E-state index < -0.39 is 0 Å². The van der Waals surface area contributed by atoms with Gasteiger partial charge >= 0.3 is 0 Å². The minimum Gasteiger partial charge on any atom is -0.439 e. The minimum atomic E-state index is 0.631. The molecule has 0 aliphatic rings. The van der Waals surface area contributed by atoms with Gasteiger partial charge in [0, 0.05) is 17.4 Å². The summed E-state index contributed by atoms with van der Waals surface area (Å²) >= 11 is 0. The lowest BCUT2D eigenvalue weighted by Gasteiger charge is -2.08. The fourth-order valence-electron chi connectivity index (χ4n) is 1.40. The molecular formula is C13H14N2O. The highest BCUT2D eigenvalue weighted by Crippen LogP contribution is 2.25. The molecule has 0 aliphatic heterocycles. The van der Waals surface area contributed by atoms with Gasteiger partial charge in [0.25, 0.3) is 0 Å². The summed E-state index contributed by atoms with van der Waals surface area (Å²) in [5, 5.41) is 0. The number of aryl methyl sites for hydroxylation is 2. The molecule has 0 aliphatic carbocycles. The average molecular weight is 214 g/mol. The van der Waals surface area contributed by atoms with E-state index in [1.54, 1.807) is 6.20 Å². The van der Waals surface area contributed by atoms with Crippen molar-refractivity contribution in [2.45, 2.75) is 13.8 Å². The van der Waals surface area contributed by atoms with Crippen LogP contribution in [0.1, 0.15) is 11.1 Å². The van der Waals surface area contributed by atoms with Gasteiger partial charge in [0.2, 0.25) is 5.88 Å². The summed E-state index contributed by atoms with van der Waals surface area (Å²) in [6.45, 7) is 3.92. The molecule has 1 heterocycles. The van der Waals surface area contributed by atoms with Crippen LogP contribution in [-0.2, 0) is 0 Å². The first-order valence-electron chi connectivity index (χ1n) is 5.12. The van der Waals surface area contributed by atoms with Gasteiger partial charge in [-0.2, -0.15) is 0 Å². The van der Waals surface area contributed by atoms with Gasteiger partial charge in [0.05, 0.1) is 0 Å². The molecule has 1 aromatic carbocycles. The van der Waals surface area contributed by atoms with E-state index in [1.807, 2.05) is 44.2 Å². The van der Waals surface area contributed by atoms with Gasteiger partial charge in [-0.25, -0.2) is 4.98 Å². The number of hydrogen-bond acceptors (Lipinski definition) is 3. The summed E-state index contributed by atoms with van der Waals surface area (Å²) in [4.78, 5) is 4.17. The highest BCUT2D eigenvalue weighted by Gasteiger charge is 2.03. The zero-order valence-electron chi connectivity index (χ0n) is 9.40. The Morgan fingerprint density at radius 3 is 2.62 bits per heavy atom. The Labute approximate surface area is 94.9 Å². The van der Waals surface area contributed by atoms with Crippen LogP contribution in [0.3, 0.4) is 0 Å². The molecule has 0 bridgehead atoms. The third-order valence-corrected chi connectivity index (χ3v) is 2.42. The van der Waals surface area contributed by atoms with Gasteiger partial charge < -0.3 is 10.5 Å². The third-order valence-electron chi connectivity index (χ3n) is 2.42. The molecular weight excluding hydrogens is 200 g/mol. The first-order valence-corrected chi connectivity index (χ1v) is 5.12. The summed E-state index contributed by atoms with van der Waals surface area (Å²) in [6.07, 6.45) is 1.71. The van der Waals surface area contributed by atoms with Crippen LogP contribution in [0.4, 0.5) is 5.69 Å². The predicted molar refractivity (Wildman–Crippen MR) is 64.6 cm³/mol. The molecule has 2 rings (SSSR count). The van der Waals surface area contributed by atoms with Crippen LogP contribution in [0.2, 0.25) is 0 Å². The second kappa shape index (κ2) is 4.23. The first kappa shape index (κ1) is 10.5. The summed E-state index contributed by atoms with van der Waals surface area (Å²) < 4.78 is 5.68. The smallest absolute Gasteiger partial charge is 0.222 e. The van der Waals surface area contributed by atoms with E-state index in [9.17, 15) is 0 Å². The lowest BCUT2D eigenvalue weighted by Crippen LogP contribution is -1.93. The standard InChI is InChI=1S/C13H14N2O/c1-9-4-3-7-15-13(9)16-11-5-6-12(14)10(2)8-11/h3-8H,14H2,1-2H3. The number of nitrogen functional groups attached to an aromatic ring is 1. The van der Waals surface area contributed by atoms with Crippen LogP contribution in [0.15, 0.2) is 36.5 Å². The number of anilines is 1. The maximum absolute atomic E-state index is 5.74. The van der Waals surface area contributed by atoms with E-state index in [0.717, 1.165) is 22.6 Å². The Kier molecular flexibility index (Phi) is 2.77. The normalized spacial score (nSPS) is 10.1. The largest absolute Gasteiger partial charge is 0.439 e. The maximum atomic E-state index is 5.74. The molecule has 0 unspecified atom stereocenters. The first-order chi connectivity index (χ1) is 7.66. The molecule has 3 heteroatoms. The molecule has 0 atom stereocenters. The van der Waals surface area contributed by atoms with Crippen molar-refractivity contribution >= 4 is 5.69 Å². The fourth-order valence-corrected chi connectivity index (χ4v) is 1.40. The number of ether oxygens (including phenoxy) is 1. The molecule has 0 saturated carbocycles. The van der Waals surface area contributed by atoms with Crippen molar-refractivity contribution < 1.29 is 4.74 Å². The summed E-state index contributed by atoms with van der Waals surface area (Å²) in [5.74, 6) is 1.39. The Balaban J connectivity index is 2.28. The van der Waals surface area contributed by atoms with Crippen LogP contribution in [0, 0.1) is 13.8 Å². The van der Waals surface area contributed by atoms with Gasteiger partial charge in [-0.3, -0.25) is 0 Å². The van der Waals surface area contributed by atoms with Crippen molar-refractivity contribution in [2.75, 3.05) is 5.73 Å². The molecule has 1 aromatic heterocycles. The zero-order chi connectivity index (χ0) is 11.5. The van der Waals surface area contributed by atoms with Crippen LogP contribution in [0.5, 0.6) is 11.6 Å². The Hall–Kier alpha value is -2.03. The molecule has 16 heavy (non-hydrogen) atoms. The number of nitrogens with two attached hydrogens (primary N) is 1. The Morgan fingerprint density at radius 1 is 1.12 bits per heavy atom. The van der Waals surface area contributed by atoms with Crippen molar-refractivity contribution in [3.05, 3.63) is 47.7 Å². The SMILES string of the molecule is Cc1cc(Oc2ncccc2C)ccc1N. The monoisotopic (exact) mass is 214 g/mol. The molecule has 0 radical (unpaired) electrons. The van der Waals surface area contributed by atoms with Crippen LogP contribution >= 0.6 is 0 Å². The van der Waals surface area contributed by atoms with Crippen LogP contribution in [0.25, 0.3) is 0 Å². The number of nitrogens with zero attached hydrogens (tertiary/aromatic N) is 1. The maximum Gasteiger partial charge on any atom is 0.222 e. The van der Waals surface area contributed by atoms with Crippen LogP contribution < -0.4 is 10.5 Å². The second-order valence-electron chi connectivity index (χ2n) is 3.75. The summed E-state index contributed by atoms with van der Waals surface area (Å²) in [7, 11) is 0. The van der Waals surface area contributed by atoms with Crippen LogP contribution in [-0.4, -0.2) is 4.98 Å². The molecule has 0 spiro atoms. The Bertz CT molecular complexity index is 509. The zero-order valence-corrected chi connectivity index (χ0v) is 9.40. The molecule has 2 aromatic rings. The van der Waals surface area contributed by atoms with Gasteiger partial charge in [-0.1, -0.05) is 6.07 Å². The van der Waals surface area contributed by atoms with Gasteiger partial charge in [0.1, 0.15) is 5.75 Å². The van der Waals surface area contributed by atoms with Crippen molar-refractivity contribution in [1.29, 1.82) is 0 Å². The van der Waals surface area contributed by atoms with E-state index in [2.05, 4.69) is 4.98 Å². The van der Waals surface area contributed by atoms with Gasteiger partial charge in [-0.15, -0.1) is 0 Å². The van der Waals surface area contributed by atoms with Gasteiger partial charge in [-0.05, 0) is 43.7 Å². The van der Waals surface area contributed by atoms with Crippen molar-refractivity contribution in [3.8, 4) is 11.6 Å². The average Bonchev–Trinajstić information content (AvgIpc) is 2.27. The number of rotatable bonds is 2. The van der Waals surface area contributed by atoms with E-state index in [1.165, 1.54) is 0 Å². The van der Waals surface area contributed by atoms with E-state index in [-0.39, 0.29) is 0 Å². The Morgan fingerprint density at radius 2 is 1.94 bits per heavy atom. The van der Waals surface area contributed by atoms with Crippen molar-refractivity contribution in [2.24, 2.45) is 0 Å². The van der Waals surface area contributed by atoms with E-state index in [0.29, 0.717) is 5.88 Å².